The molecule has 46 heavy (non-hydrogen) atoms. The molecular weight excluding hydrogens is 668 g/mol. The van der Waals surface area contributed by atoms with E-state index < -0.39 is 71.2 Å². The van der Waals surface area contributed by atoms with E-state index in [1.807, 2.05) is 0 Å². The largest absolute Gasteiger partial charge is 0.459 e. The van der Waals surface area contributed by atoms with Crippen molar-refractivity contribution in [3.05, 3.63) is 28.7 Å². The van der Waals surface area contributed by atoms with Gasteiger partial charge >= 0.3 is 18.0 Å². The van der Waals surface area contributed by atoms with Crippen LogP contribution >= 0.6 is 15.9 Å². The number of benzene rings is 1. The molecule has 15 heteroatoms. The van der Waals surface area contributed by atoms with Crippen molar-refractivity contribution in [3.63, 3.8) is 0 Å². The Hall–Kier alpha value is -3.72. The molecule has 4 N–H and O–H groups in total. The second kappa shape index (κ2) is 17.3. The van der Waals surface area contributed by atoms with Gasteiger partial charge in [-0.25, -0.2) is 9.59 Å². The quantitative estimate of drug-likeness (QED) is 0.101. The van der Waals surface area contributed by atoms with E-state index in [2.05, 4.69) is 31.9 Å². The Bertz CT molecular complexity index is 1230. The maximum atomic E-state index is 13.0. The molecule has 14 nitrogen and oxygen atoms in total. The summed E-state index contributed by atoms with van der Waals surface area (Å²) in [7, 11) is 0. The van der Waals surface area contributed by atoms with Crippen molar-refractivity contribution < 1.29 is 48.2 Å². The average molecular weight is 716 g/mol. The van der Waals surface area contributed by atoms with Crippen molar-refractivity contribution in [2.45, 2.75) is 117 Å². The Labute approximate surface area is 278 Å². The fraction of sp³-hybridized carbons (Fsp3) is 0.613. The number of alkyl carbamates (subject to hydrolysis) is 1. The number of nitrogens with zero attached hydrogens (tertiary/aromatic N) is 1. The van der Waals surface area contributed by atoms with Gasteiger partial charge in [0, 0.05) is 17.3 Å². The van der Waals surface area contributed by atoms with Gasteiger partial charge in [0.2, 0.25) is 11.8 Å². The molecule has 0 radical (unpaired) electrons. The predicted octanol–water partition coefficient (Wildman–Crippen LogP) is 3.91. The number of esters is 2. The van der Waals surface area contributed by atoms with Crippen LogP contribution in [0.4, 0.5) is 10.5 Å². The summed E-state index contributed by atoms with van der Waals surface area (Å²) < 4.78 is 16.5. The van der Waals surface area contributed by atoms with Crippen molar-refractivity contribution >= 4 is 57.4 Å². The highest BCUT2D eigenvalue weighted by atomic mass is 79.9. The summed E-state index contributed by atoms with van der Waals surface area (Å²) >= 11 is 3.27. The fourth-order valence-corrected chi connectivity index (χ4v) is 3.91. The first-order chi connectivity index (χ1) is 21.0. The van der Waals surface area contributed by atoms with Gasteiger partial charge in [-0.2, -0.15) is 5.06 Å². The zero-order valence-corrected chi connectivity index (χ0v) is 29.5. The smallest absolute Gasteiger partial charge is 0.408 e. The van der Waals surface area contributed by atoms with Gasteiger partial charge in [0.05, 0.1) is 5.69 Å². The van der Waals surface area contributed by atoms with Crippen LogP contribution in [0.15, 0.2) is 28.7 Å². The molecule has 1 rings (SSSR count). The number of hydrogen-bond acceptors (Lipinski definition) is 10. The van der Waals surface area contributed by atoms with Gasteiger partial charge in [-0.15, -0.1) is 0 Å². The molecule has 258 valence electrons. The molecular formula is C31H47BrN4O10. The van der Waals surface area contributed by atoms with Crippen LogP contribution in [0.2, 0.25) is 0 Å². The number of halogens is 1. The van der Waals surface area contributed by atoms with E-state index in [4.69, 9.17) is 14.2 Å². The van der Waals surface area contributed by atoms with Crippen molar-refractivity contribution in [1.82, 2.24) is 16.0 Å². The molecule has 0 spiro atoms. The van der Waals surface area contributed by atoms with E-state index >= 15 is 0 Å². The molecule has 0 aliphatic heterocycles. The lowest BCUT2D eigenvalue weighted by atomic mass is 10.1. The Kier molecular flexibility index (Phi) is 15.1. The van der Waals surface area contributed by atoms with E-state index in [-0.39, 0.29) is 31.4 Å². The topological polar surface area (TPSA) is 190 Å². The summed E-state index contributed by atoms with van der Waals surface area (Å²) in [6, 6.07) is 3.69. The van der Waals surface area contributed by atoms with Crippen molar-refractivity contribution in [1.29, 1.82) is 0 Å². The number of hydroxylamine groups is 1. The van der Waals surface area contributed by atoms with E-state index in [0.29, 0.717) is 5.06 Å². The summed E-state index contributed by atoms with van der Waals surface area (Å²) in [6.07, 6.45) is -2.04. The molecule has 0 bridgehead atoms. The van der Waals surface area contributed by atoms with Crippen LogP contribution in [0, 0.1) is 0 Å². The van der Waals surface area contributed by atoms with Crippen LogP contribution in [0.1, 0.15) is 88.0 Å². The minimum atomic E-state index is -1.31. The Balaban J connectivity index is 3.03. The molecule has 1 aromatic carbocycles. The van der Waals surface area contributed by atoms with Crippen LogP contribution in [0.3, 0.4) is 0 Å². The number of carbonyl (C=O) groups is 6. The van der Waals surface area contributed by atoms with Gasteiger partial charge < -0.3 is 30.2 Å². The van der Waals surface area contributed by atoms with Gasteiger partial charge in [0.15, 0.2) is 0 Å². The Morgan fingerprint density at radius 3 is 1.80 bits per heavy atom. The molecule has 0 aromatic heterocycles. The van der Waals surface area contributed by atoms with E-state index in [0.717, 1.165) is 4.47 Å². The standard InChI is InChI=1S/C31H47BrN4O10/c1-29(2,3)44-25(39)18-33-26(40)21(15-17-24(38)36(43)20-12-10-19(32)11-13-20)34-23(37)16-14-22(27(41)45-30(4,5)6)35-28(42)46-31(7,8)9/h10-13,21-22,43H,14-18H2,1-9H3,(H,33,40)(H,34,37)(H,35,42)/t21-,22-/m0/s1. The SMILES string of the molecule is CC(C)(C)OC(=O)CNC(=O)[C@H](CCC(=O)N(O)c1ccc(Br)cc1)NC(=O)CC[C@H](NC(=O)OC(C)(C)C)C(=O)OC(C)(C)C. The molecule has 1 aromatic rings. The van der Waals surface area contributed by atoms with E-state index in [1.165, 1.54) is 12.1 Å². The number of carbonyl (C=O) groups excluding carboxylic acids is 6. The van der Waals surface area contributed by atoms with E-state index in [1.54, 1.807) is 74.4 Å². The highest BCUT2D eigenvalue weighted by Crippen LogP contribution is 2.19. The number of nitrogens with one attached hydrogen (secondary N) is 3. The van der Waals surface area contributed by atoms with Crippen LogP contribution in [-0.4, -0.2) is 76.4 Å². The van der Waals surface area contributed by atoms with Crippen LogP contribution in [0.5, 0.6) is 0 Å². The molecule has 0 saturated carbocycles. The van der Waals surface area contributed by atoms with Gasteiger partial charge in [0.1, 0.15) is 35.4 Å². The second-order valence-corrected chi connectivity index (χ2v) is 14.3. The second-order valence-electron chi connectivity index (χ2n) is 13.4. The minimum absolute atomic E-state index is 0.189. The summed E-state index contributed by atoms with van der Waals surface area (Å²) in [5.74, 6) is -3.74. The lowest BCUT2D eigenvalue weighted by molar-refractivity contribution is -0.158. The Morgan fingerprint density at radius 2 is 1.28 bits per heavy atom. The van der Waals surface area contributed by atoms with Crippen LogP contribution in [-0.2, 0) is 38.2 Å². The number of rotatable bonds is 13. The summed E-state index contributed by atoms with van der Waals surface area (Å²) in [6.45, 7) is 14.4. The number of hydrogen-bond donors (Lipinski definition) is 4. The summed E-state index contributed by atoms with van der Waals surface area (Å²) in [5.41, 5.74) is -2.33. The predicted molar refractivity (Wildman–Crippen MR) is 172 cm³/mol. The van der Waals surface area contributed by atoms with Gasteiger partial charge in [0.25, 0.3) is 5.91 Å². The van der Waals surface area contributed by atoms with E-state index in [9.17, 15) is 34.0 Å². The first-order valence-corrected chi connectivity index (χ1v) is 15.5. The molecule has 0 saturated heterocycles. The van der Waals surface area contributed by atoms with Crippen molar-refractivity contribution in [2.24, 2.45) is 0 Å². The van der Waals surface area contributed by atoms with Gasteiger partial charge in [-0.1, -0.05) is 15.9 Å². The number of anilines is 1. The number of ether oxygens (including phenoxy) is 3. The lowest BCUT2D eigenvalue weighted by Gasteiger charge is -2.26. The molecule has 0 unspecified atom stereocenters. The van der Waals surface area contributed by atoms with Crippen LogP contribution < -0.4 is 21.0 Å². The maximum Gasteiger partial charge on any atom is 0.408 e. The third kappa shape index (κ3) is 17.1. The lowest BCUT2D eigenvalue weighted by Crippen LogP contribution is -2.50. The maximum absolute atomic E-state index is 13.0. The molecule has 0 heterocycles. The Morgan fingerprint density at radius 1 is 0.761 bits per heavy atom. The summed E-state index contributed by atoms with van der Waals surface area (Å²) in [5, 5.41) is 18.1. The van der Waals surface area contributed by atoms with Gasteiger partial charge in [-0.05, 0) is 99.4 Å². The highest BCUT2D eigenvalue weighted by molar-refractivity contribution is 9.10. The van der Waals surface area contributed by atoms with Crippen molar-refractivity contribution in [3.8, 4) is 0 Å². The van der Waals surface area contributed by atoms with Crippen LogP contribution in [0.25, 0.3) is 0 Å². The molecule has 0 fully saturated rings. The number of amides is 4. The average Bonchev–Trinajstić information content (AvgIpc) is 2.88. The van der Waals surface area contributed by atoms with Gasteiger partial charge in [-0.3, -0.25) is 24.4 Å². The highest BCUT2D eigenvalue weighted by Gasteiger charge is 2.30. The minimum Gasteiger partial charge on any atom is -0.459 e. The molecule has 0 aliphatic carbocycles. The first-order valence-electron chi connectivity index (χ1n) is 14.7. The molecule has 4 amide bonds. The zero-order chi connectivity index (χ0) is 35.5. The fourth-order valence-electron chi connectivity index (χ4n) is 3.64. The normalized spacial score (nSPS) is 13.0. The summed E-state index contributed by atoms with van der Waals surface area (Å²) in [4.78, 5) is 76.1. The monoisotopic (exact) mass is 714 g/mol. The van der Waals surface area contributed by atoms with Crippen molar-refractivity contribution in [2.75, 3.05) is 11.6 Å². The molecule has 2 atom stereocenters. The molecule has 0 aliphatic rings. The zero-order valence-electron chi connectivity index (χ0n) is 27.9. The third-order valence-corrected chi connectivity index (χ3v) is 6.00. The third-order valence-electron chi connectivity index (χ3n) is 5.48. The first kappa shape index (κ1) is 40.3.